The number of anilines is 1. The third-order valence-corrected chi connectivity index (χ3v) is 5.17. The fourth-order valence-corrected chi connectivity index (χ4v) is 3.43. The number of rotatable bonds is 4. The van der Waals surface area contributed by atoms with E-state index >= 15 is 0 Å². The highest BCUT2D eigenvalue weighted by Crippen LogP contribution is 2.26. The van der Waals surface area contributed by atoms with Gasteiger partial charge in [0.05, 0.1) is 18.1 Å². The zero-order valence-corrected chi connectivity index (χ0v) is 16.3. The van der Waals surface area contributed by atoms with Crippen LogP contribution in [0.2, 0.25) is 0 Å². The number of carbonyl (C=O) groups is 1. The minimum absolute atomic E-state index is 0.0854. The molecule has 0 bridgehead atoms. The van der Waals surface area contributed by atoms with Crippen LogP contribution in [0.1, 0.15) is 32.4 Å². The molecule has 0 N–H and O–H groups in total. The summed E-state index contributed by atoms with van der Waals surface area (Å²) in [5.74, 6) is 1.04. The molecule has 2 aliphatic rings. The van der Waals surface area contributed by atoms with Crippen LogP contribution in [0.3, 0.4) is 0 Å². The summed E-state index contributed by atoms with van der Waals surface area (Å²) >= 11 is 0. The lowest BCUT2D eigenvalue weighted by Gasteiger charge is -2.37. The number of aromatic nitrogens is 2. The standard InChI is InChI=1S/C20H29N5O/c1-15(2)24-9-11-25(12-10-24)19-14-21-18(13-22-19)16-5-7-17(8-6-16)20(26)23(3)4/h5,7,13-15H,6,8-12H2,1-4H3. The van der Waals surface area contributed by atoms with Crippen LogP contribution in [0, 0.1) is 0 Å². The summed E-state index contributed by atoms with van der Waals surface area (Å²) in [5.41, 5.74) is 2.90. The van der Waals surface area contributed by atoms with Crippen molar-refractivity contribution in [3.05, 3.63) is 35.8 Å². The molecule has 0 unspecified atom stereocenters. The highest BCUT2D eigenvalue weighted by atomic mass is 16.2. The quantitative estimate of drug-likeness (QED) is 0.829. The van der Waals surface area contributed by atoms with E-state index in [1.807, 2.05) is 24.5 Å². The molecule has 26 heavy (non-hydrogen) atoms. The van der Waals surface area contributed by atoms with Crippen molar-refractivity contribution in [1.82, 2.24) is 19.8 Å². The number of allylic oxidation sites excluding steroid dienone is 3. The Labute approximate surface area is 156 Å². The molecule has 3 rings (SSSR count). The summed E-state index contributed by atoms with van der Waals surface area (Å²) in [4.78, 5) is 27.7. The van der Waals surface area contributed by atoms with Gasteiger partial charge in [-0.05, 0) is 32.3 Å². The molecule has 2 heterocycles. The Morgan fingerprint density at radius 2 is 1.77 bits per heavy atom. The molecule has 0 atom stereocenters. The van der Waals surface area contributed by atoms with Gasteiger partial charge < -0.3 is 9.80 Å². The van der Waals surface area contributed by atoms with Crippen molar-refractivity contribution in [2.45, 2.75) is 32.7 Å². The number of amides is 1. The molecular weight excluding hydrogens is 326 g/mol. The normalized spacial score (nSPS) is 18.6. The van der Waals surface area contributed by atoms with Crippen LogP contribution < -0.4 is 4.90 Å². The van der Waals surface area contributed by atoms with Gasteiger partial charge in [0, 0.05) is 51.9 Å². The molecule has 0 aromatic carbocycles. The van der Waals surface area contributed by atoms with E-state index in [1.165, 1.54) is 0 Å². The number of likely N-dealkylation sites (N-methyl/N-ethyl adjacent to an activating group) is 1. The van der Waals surface area contributed by atoms with Gasteiger partial charge in [-0.25, -0.2) is 4.98 Å². The monoisotopic (exact) mass is 355 g/mol. The Balaban J connectivity index is 1.65. The van der Waals surface area contributed by atoms with Crippen molar-refractivity contribution in [2.24, 2.45) is 0 Å². The van der Waals surface area contributed by atoms with Crippen molar-refractivity contribution in [2.75, 3.05) is 45.2 Å². The third kappa shape index (κ3) is 4.12. The first-order valence-corrected chi connectivity index (χ1v) is 9.38. The third-order valence-electron chi connectivity index (χ3n) is 5.17. The van der Waals surface area contributed by atoms with Gasteiger partial charge in [-0.15, -0.1) is 0 Å². The molecule has 1 aromatic rings. The van der Waals surface area contributed by atoms with Crippen LogP contribution in [0.25, 0.3) is 5.57 Å². The SMILES string of the molecule is CC(C)N1CCN(c2cnc(C3=CC=C(C(=O)N(C)C)CC3)cn2)CC1. The van der Waals surface area contributed by atoms with Crippen molar-refractivity contribution >= 4 is 17.3 Å². The summed E-state index contributed by atoms with van der Waals surface area (Å²) in [6.07, 6.45) is 9.25. The summed E-state index contributed by atoms with van der Waals surface area (Å²) in [6, 6.07) is 0.598. The van der Waals surface area contributed by atoms with Crippen LogP contribution in [0.5, 0.6) is 0 Å². The smallest absolute Gasteiger partial charge is 0.249 e. The molecule has 0 radical (unpaired) electrons. The van der Waals surface area contributed by atoms with E-state index in [0.717, 1.165) is 61.7 Å². The zero-order chi connectivity index (χ0) is 18.7. The number of hydrogen-bond acceptors (Lipinski definition) is 5. The average Bonchev–Trinajstić information content (AvgIpc) is 2.67. The minimum Gasteiger partial charge on any atom is -0.353 e. The fraction of sp³-hybridized carbons (Fsp3) is 0.550. The summed E-state index contributed by atoms with van der Waals surface area (Å²) in [6.45, 7) is 8.61. The van der Waals surface area contributed by atoms with Gasteiger partial charge in [0.15, 0.2) is 0 Å². The lowest BCUT2D eigenvalue weighted by Crippen LogP contribution is -2.49. The highest BCUT2D eigenvalue weighted by Gasteiger charge is 2.20. The van der Waals surface area contributed by atoms with Crippen LogP contribution >= 0.6 is 0 Å². The van der Waals surface area contributed by atoms with Gasteiger partial charge in [-0.1, -0.05) is 12.2 Å². The number of nitrogens with zero attached hydrogens (tertiary/aromatic N) is 5. The molecule has 6 heteroatoms. The molecule has 1 saturated heterocycles. The second-order valence-electron chi connectivity index (χ2n) is 7.46. The van der Waals surface area contributed by atoms with Gasteiger partial charge in [-0.2, -0.15) is 0 Å². The predicted octanol–water partition coefficient (Wildman–Crippen LogP) is 2.20. The maximum Gasteiger partial charge on any atom is 0.249 e. The Kier molecular flexibility index (Phi) is 5.71. The Morgan fingerprint density at radius 1 is 1.04 bits per heavy atom. The largest absolute Gasteiger partial charge is 0.353 e. The Bertz CT molecular complexity index is 697. The highest BCUT2D eigenvalue weighted by molar-refractivity contribution is 5.94. The van der Waals surface area contributed by atoms with Crippen molar-refractivity contribution in [3.63, 3.8) is 0 Å². The van der Waals surface area contributed by atoms with Gasteiger partial charge in [0.1, 0.15) is 5.82 Å². The molecule has 1 aromatic heterocycles. The molecule has 1 fully saturated rings. The first-order chi connectivity index (χ1) is 12.5. The van der Waals surface area contributed by atoms with E-state index < -0.39 is 0 Å². The van der Waals surface area contributed by atoms with E-state index in [0.29, 0.717) is 6.04 Å². The van der Waals surface area contributed by atoms with Crippen molar-refractivity contribution < 1.29 is 4.79 Å². The number of piperazine rings is 1. The first kappa shape index (κ1) is 18.6. The second kappa shape index (κ2) is 7.99. The van der Waals surface area contributed by atoms with E-state index in [-0.39, 0.29) is 5.91 Å². The topological polar surface area (TPSA) is 52.6 Å². The first-order valence-electron chi connectivity index (χ1n) is 9.38. The van der Waals surface area contributed by atoms with E-state index in [9.17, 15) is 4.79 Å². The Hall–Kier alpha value is -2.21. The lowest BCUT2D eigenvalue weighted by molar-refractivity contribution is -0.124. The average molecular weight is 355 g/mol. The fourth-order valence-electron chi connectivity index (χ4n) is 3.43. The second-order valence-corrected chi connectivity index (χ2v) is 7.46. The van der Waals surface area contributed by atoms with Gasteiger partial charge in [0.25, 0.3) is 0 Å². The number of carbonyl (C=O) groups excluding carboxylic acids is 1. The molecule has 0 spiro atoms. The van der Waals surface area contributed by atoms with Gasteiger partial charge in [-0.3, -0.25) is 14.7 Å². The van der Waals surface area contributed by atoms with Crippen LogP contribution in [0.4, 0.5) is 5.82 Å². The van der Waals surface area contributed by atoms with E-state index in [1.54, 1.807) is 19.0 Å². The molecule has 1 amide bonds. The molecule has 1 aliphatic heterocycles. The van der Waals surface area contributed by atoms with Crippen molar-refractivity contribution in [1.29, 1.82) is 0 Å². The molecule has 140 valence electrons. The summed E-state index contributed by atoms with van der Waals surface area (Å²) in [7, 11) is 3.57. The van der Waals surface area contributed by atoms with E-state index in [4.69, 9.17) is 0 Å². The van der Waals surface area contributed by atoms with Crippen LogP contribution in [-0.4, -0.2) is 72.0 Å². The van der Waals surface area contributed by atoms with Gasteiger partial charge in [0.2, 0.25) is 5.91 Å². The molecule has 0 saturated carbocycles. The summed E-state index contributed by atoms with van der Waals surface area (Å²) < 4.78 is 0. The molecular formula is C20H29N5O. The molecule has 6 nitrogen and oxygen atoms in total. The number of hydrogen-bond donors (Lipinski definition) is 0. The predicted molar refractivity (Wildman–Crippen MR) is 105 cm³/mol. The Morgan fingerprint density at radius 3 is 2.27 bits per heavy atom. The van der Waals surface area contributed by atoms with Crippen LogP contribution in [-0.2, 0) is 4.79 Å². The maximum absolute atomic E-state index is 12.0. The van der Waals surface area contributed by atoms with Crippen LogP contribution in [0.15, 0.2) is 30.1 Å². The summed E-state index contributed by atoms with van der Waals surface area (Å²) in [5, 5.41) is 0. The van der Waals surface area contributed by atoms with Gasteiger partial charge >= 0.3 is 0 Å². The lowest BCUT2D eigenvalue weighted by atomic mass is 9.96. The maximum atomic E-state index is 12.0. The minimum atomic E-state index is 0.0854. The van der Waals surface area contributed by atoms with Crippen molar-refractivity contribution in [3.8, 4) is 0 Å². The van der Waals surface area contributed by atoms with E-state index in [2.05, 4.69) is 33.6 Å². The molecule has 1 aliphatic carbocycles. The zero-order valence-electron chi connectivity index (χ0n) is 16.3.